The van der Waals surface area contributed by atoms with Crippen LogP contribution in [0, 0.1) is 18.6 Å². The smallest absolute Gasteiger partial charge is 0.243 e. The first-order valence-corrected chi connectivity index (χ1v) is 9.06. The van der Waals surface area contributed by atoms with Crippen LogP contribution in [0.15, 0.2) is 41.3 Å². The van der Waals surface area contributed by atoms with Crippen LogP contribution >= 0.6 is 0 Å². The summed E-state index contributed by atoms with van der Waals surface area (Å²) in [5.41, 5.74) is 0.995. The molecule has 2 aromatic carbocycles. The minimum absolute atomic E-state index is 0.00548. The van der Waals surface area contributed by atoms with Crippen molar-refractivity contribution in [1.82, 2.24) is 4.31 Å². The first kappa shape index (κ1) is 19.8. The van der Waals surface area contributed by atoms with Gasteiger partial charge in [-0.25, -0.2) is 21.5 Å². The Morgan fingerprint density at radius 2 is 1.65 bits per heavy atom. The van der Waals surface area contributed by atoms with Crippen LogP contribution in [0.1, 0.15) is 5.56 Å². The highest BCUT2D eigenvalue weighted by molar-refractivity contribution is 7.89. The fraction of sp³-hybridized carbons (Fsp3) is 0.235. The molecule has 0 atom stereocenters. The van der Waals surface area contributed by atoms with Gasteiger partial charge in [0.15, 0.2) is 0 Å². The summed E-state index contributed by atoms with van der Waals surface area (Å²) in [7, 11) is -0.755. The second-order valence-corrected chi connectivity index (χ2v) is 7.95. The molecule has 0 radical (unpaired) electrons. The summed E-state index contributed by atoms with van der Waals surface area (Å²) in [6, 6.07) is 7.38. The van der Waals surface area contributed by atoms with Gasteiger partial charge < -0.3 is 10.6 Å². The van der Waals surface area contributed by atoms with Crippen molar-refractivity contribution in [2.24, 2.45) is 0 Å². The third-order valence-electron chi connectivity index (χ3n) is 3.55. The van der Waals surface area contributed by atoms with Crippen molar-refractivity contribution in [3.63, 3.8) is 0 Å². The summed E-state index contributed by atoms with van der Waals surface area (Å²) in [5.74, 6) is -2.14. The molecule has 0 saturated heterocycles. The van der Waals surface area contributed by atoms with Crippen LogP contribution in [0.4, 0.5) is 20.2 Å². The average molecular weight is 383 g/mol. The zero-order valence-electron chi connectivity index (χ0n) is 14.5. The standard InChI is InChI=1S/C17H19F2N3O3S/c1-11-4-5-14(9-16(11)26(24,25)22(2)3)20-10-17(23)21-15-7-12(18)6-13(19)8-15/h4-9,20H,10H2,1-3H3,(H,21,23). The zero-order chi connectivity index (χ0) is 19.5. The van der Waals surface area contributed by atoms with Crippen LogP contribution in [0.3, 0.4) is 0 Å². The number of hydrogen-bond acceptors (Lipinski definition) is 4. The van der Waals surface area contributed by atoms with E-state index in [4.69, 9.17) is 0 Å². The van der Waals surface area contributed by atoms with E-state index in [1.807, 2.05) is 0 Å². The number of benzene rings is 2. The van der Waals surface area contributed by atoms with Gasteiger partial charge in [-0.15, -0.1) is 0 Å². The molecule has 0 aromatic heterocycles. The second-order valence-electron chi connectivity index (χ2n) is 5.83. The number of aryl methyl sites for hydroxylation is 1. The molecule has 140 valence electrons. The third-order valence-corrected chi connectivity index (χ3v) is 5.50. The number of carbonyl (C=O) groups excluding carboxylic acids is 1. The van der Waals surface area contributed by atoms with Gasteiger partial charge in [0.2, 0.25) is 15.9 Å². The third kappa shape index (κ3) is 4.77. The highest BCUT2D eigenvalue weighted by Crippen LogP contribution is 2.22. The first-order valence-electron chi connectivity index (χ1n) is 7.62. The fourth-order valence-electron chi connectivity index (χ4n) is 2.20. The average Bonchev–Trinajstić information content (AvgIpc) is 2.52. The number of sulfonamides is 1. The van der Waals surface area contributed by atoms with Gasteiger partial charge in [0.25, 0.3) is 0 Å². The molecule has 0 spiro atoms. The fourth-order valence-corrected chi connectivity index (χ4v) is 3.34. The minimum Gasteiger partial charge on any atom is -0.376 e. The van der Waals surface area contributed by atoms with E-state index in [-0.39, 0.29) is 17.1 Å². The van der Waals surface area contributed by atoms with Gasteiger partial charge in [0.1, 0.15) is 11.6 Å². The lowest BCUT2D eigenvalue weighted by atomic mass is 10.2. The molecule has 2 rings (SSSR count). The largest absolute Gasteiger partial charge is 0.376 e. The van der Waals surface area contributed by atoms with Crippen molar-refractivity contribution in [3.8, 4) is 0 Å². The van der Waals surface area contributed by atoms with Crippen molar-refractivity contribution in [2.45, 2.75) is 11.8 Å². The van der Waals surface area contributed by atoms with Crippen molar-refractivity contribution >= 4 is 27.3 Å². The number of amides is 1. The maximum absolute atomic E-state index is 13.1. The van der Waals surface area contributed by atoms with Crippen LogP contribution < -0.4 is 10.6 Å². The van der Waals surface area contributed by atoms with Crippen LogP contribution in [0.2, 0.25) is 0 Å². The maximum Gasteiger partial charge on any atom is 0.243 e. The highest BCUT2D eigenvalue weighted by Gasteiger charge is 2.20. The Kier molecular flexibility index (Phi) is 5.94. The van der Waals surface area contributed by atoms with Gasteiger partial charge in [-0.3, -0.25) is 4.79 Å². The Morgan fingerprint density at radius 3 is 2.23 bits per heavy atom. The Balaban J connectivity index is 2.09. The quantitative estimate of drug-likeness (QED) is 0.804. The number of nitrogens with one attached hydrogen (secondary N) is 2. The molecule has 6 nitrogen and oxygen atoms in total. The number of halogens is 2. The monoisotopic (exact) mass is 383 g/mol. The van der Waals surface area contributed by atoms with E-state index in [0.29, 0.717) is 17.3 Å². The van der Waals surface area contributed by atoms with Gasteiger partial charge in [-0.1, -0.05) is 6.07 Å². The van der Waals surface area contributed by atoms with Crippen LogP contribution in [0.25, 0.3) is 0 Å². The van der Waals surface area contributed by atoms with Gasteiger partial charge in [-0.05, 0) is 36.8 Å². The van der Waals surface area contributed by atoms with Crippen LogP contribution in [-0.4, -0.2) is 39.3 Å². The summed E-state index contributed by atoms with van der Waals surface area (Å²) in [6.45, 7) is 1.47. The minimum atomic E-state index is -3.62. The summed E-state index contributed by atoms with van der Waals surface area (Å²) in [4.78, 5) is 12.0. The lowest BCUT2D eigenvalue weighted by Gasteiger charge is -2.15. The summed E-state index contributed by atoms with van der Waals surface area (Å²) in [6.07, 6.45) is 0. The number of rotatable bonds is 6. The maximum atomic E-state index is 13.1. The lowest BCUT2D eigenvalue weighted by Crippen LogP contribution is -2.24. The van der Waals surface area contributed by atoms with Gasteiger partial charge in [0, 0.05) is 31.5 Å². The molecule has 9 heteroatoms. The number of anilines is 2. The Hall–Kier alpha value is -2.52. The van der Waals surface area contributed by atoms with Crippen molar-refractivity contribution in [2.75, 3.05) is 31.3 Å². The molecular weight excluding hydrogens is 364 g/mol. The molecule has 2 aromatic rings. The molecule has 0 heterocycles. The van der Waals surface area contributed by atoms with E-state index < -0.39 is 27.6 Å². The Bertz CT molecular complexity index is 911. The van der Waals surface area contributed by atoms with E-state index in [1.165, 1.54) is 20.2 Å². The molecule has 0 aliphatic rings. The van der Waals surface area contributed by atoms with Crippen molar-refractivity contribution in [3.05, 3.63) is 53.6 Å². The first-order chi connectivity index (χ1) is 12.1. The molecule has 26 heavy (non-hydrogen) atoms. The second kappa shape index (κ2) is 7.79. The number of carbonyl (C=O) groups is 1. The molecule has 0 saturated carbocycles. The van der Waals surface area contributed by atoms with Gasteiger partial charge in [-0.2, -0.15) is 0 Å². The van der Waals surface area contributed by atoms with E-state index in [2.05, 4.69) is 10.6 Å². The van der Waals surface area contributed by atoms with Crippen LogP contribution in [-0.2, 0) is 14.8 Å². The predicted octanol–water partition coefficient (Wildman–Crippen LogP) is 2.57. The van der Waals surface area contributed by atoms with E-state index in [0.717, 1.165) is 16.4 Å². The van der Waals surface area contributed by atoms with Gasteiger partial charge >= 0.3 is 0 Å². The zero-order valence-corrected chi connectivity index (χ0v) is 15.3. The molecule has 0 bridgehead atoms. The van der Waals surface area contributed by atoms with E-state index in [1.54, 1.807) is 19.1 Å². The van der Waals surface area contributed by atoms with Gasteiger partial charge in [0.05, 0.1) is 11.4 Å². The summed E-state index contributed by atoms with van der Waals surface area (Å²) >= 11 is 0. The molecule has 0 aliphatic heterocycles. The number of hydrogen-bond donors (Lipinski definition) is 2. The van der Waals surface area contributed by atoms with E-state index in [9.17, 15) is 22.0 Å². The normalized spacial score (nSPS) is 11.5. The Labute approximate surface area is 150 Å². The van der Waals surface area contributed by atoms with Crippen molar-refractivity contribution < 1.29 is 22.0 Å². The Morgan fingerprint density at radius 1 is 1.04 bits per heavy atom. The molecule has 0 aliphatic carbocycles. The lowest BCUT2D eigenvalue weighted by molar-refractivity contribution is -0.114. The molecule has 2 N–H and O–H groups in total. The topological polar surface area (TPSA) is 78.5 Å². The summed E-state index contributed by atoms with van der Waals surface area (Å²) < 4.78 is 51.9. The molecule has 0 unspecified atom stereocenters. The molecular formula is C17H19F2N3O3S. The highest BCUT2D eigenvalue weighted by atomic mass is 32.2. The SMILES string of the molecule is Cc1ccc(NCC(=O)Nc2cc(F)cc(F)c2)cc1S(=O)(=O)N(C)C. The summed E-state index contributed by atoms with van der Waals surface area (Å²) in [5, 5.41) is 5.15. The molecule has 0 fully saturated rings. The van der Waals surface area contributed by atoms with E-state index >= 15 is 0 Å². The number of nitrogens with zero attached hydrogens (tertiary/aromatic N) is 1. The van der Waals surface area contributed by atoms with Crippen LogP contribution in [0.5, 0.6) is 0 Å². The predicted molar refractivity (Wildman–Crippen MR) is 95.5 cm³/mol. The molecule has 1 amide bonds. The van der Waals surface area contributed by atoms with Crippen molar-refractivity contribution in [1.29, 1.82) is 0 Å².